The summed E-state index contributed by atoms with van der Waals surface area (Å²) in [7, 11) is 0. The van der Waals surface area contributed by atoms with E-state index in [1.54, 1.807) is 30.5 Å². The van der Waals surface area contributed by atoms with E-state index in [2.05, 4.69) is 40.8 Å². The average Bonchev–Trinajstić information content (AvgIpc) is 3.16. The van der Waals surface area contributed by atoms with E-state index in [0.717, 1.165) is 11.1 Å². The van der Waals surface area contributed by atoms with E-state index < -0.39 is 0 Å². The molecule has 0 fully saturated rings. The maximum Gasteiger partial charge on any atom is 0.223 e. The molecule has 4 rings (SSSR count). The molecular formula is C19H14BrN7O. The van der Waals surface area contributed by atoms with Crippen molar-refractivity contribution >= 4 is 33.2 Å². The van der Waals surface area contributed by atoms with Crippen LogP contribution in [0.1, 0.15) is 17.1 Å². The van der Waals surface area contributed by atoms with E-state index >= 15 is 0 Å². The summed E-state index contributed by atoms with van der Waals surface area (Å²) in [6, 6.07) is 10.7. The molecule has 28 heavy (non-hydrogen) atoms. The Morgan fingerprint density at radius 1 is 1.21 bits per heavy atom. The molecule has 0 saturated carbocycles. The number of nitrogens with two attached hydrogens (primary N) is 1. The second kappa shape index (κ2) is 7.34. The summed E-state index contributed by atoms with van der Waals surface area (Å²) in [6.45, 7) is 7.09. The van der Waals surface area contributed by atoms with Crippen molar-refractivity contribution in [1.29, 1.82) is 0 Å². The van der Waals surface area contributed by atoms with Crippen molar-refractivity contribution < 1.29 is 5.11 Å². The van der Waals surface area contributed by atoms with Gasteiger partial charge in [-0.05, 0) is 39.2 Å². The predicted octanol–water partition coefficient (Wildman–Crippen LogP) is 3.16. The first-order chi connectivity index (χ1) is 13.6. The highest BCUT2D eigenvalue weighted by molar-refractivity contribution is 9.10. The van der Waals surface area contributed by atoms with E-state index in [1.807, 2.05) is 12.1 Å². The van der Waals surface area contributed by atoms with Gasteiger partial charge in [-0.1, -0.05) is 24.3 Å². The van der Waals surface area contributed by atoms with Crippen molar-refractivity contribution in [3.05, 3.63) is 75.6 Å². The lowest BCUT2D eigenvalue weighted by atomic mass is 10.1. The maximum absolute atomic E-state index is 9.49. The zero-order chi connectivity index (χ0) is 19.7. The molecule has 0 saturated heterocycles. The number of benzene rings is 1. The second-order valence-corrected chi connectivity index (χ2v) is 6.80. The summed E-state index contributed by atoms with van der Waals surface area (Å²) in [5, 5.41) is 13.9. The minimum absolute atomic E-state index is 0.106. The zero-order valence-electron chi connectivity index (χ0n) is 14.5. The first-order valence-corrected chi connectivity index (χ1v) is 9.12. The second-order valence-electron chi connectivity index (χ2n) is 6.00. The van der Waals surface area contributed by atoms with Crippen molar-refractivity contribution in [2.45, 2.75) is 13.0 Å². The molecule has 0 aliphatic carbocycles. The molecule has 3 heterocycles. The number of nitrogen functional groups attached to an aromatic ring is 1. The van der Waals surface area contributed by atoms with Crippen LogP contribution in [0.25, 0.3) is 21.7 Å². The predicted molar refractivity (Wildman–Crippen MR) is 108 cm³/mol. The van der Waals surface area contributed by atoms with Gasteiger partial charge < -0.3 is 10.8 Å². The van der Waals surface area contributed by atoms with Crippen molar-refractivity contribution in [3.63, 3.8) is 0 Å². The molecule has 0 aliphatic rings. The molecule has 0 radical (unpaired) electrons. The summed E-state index contributed by atoms with van der Waals surface area (Å²) in [5.74, 6) is 0.693. The fourth-order valence-corrected chi connectivity index (χ4v) is 3.46. The van der Waals surface area contributed by atoms with Crippen LogP contribution in [0.4, 0.5) is 11.6 Å². The number of pyridine rings is 1. The monoisotopic (exact) mass is 435 g/mol. The van der Waals surface area contributed by atoms with Crippen LogP contribution in [0.5, 0.6) is 0 Å². The summed E-state index contributed by atoms with van der Waals surface area (Å²) in [5.41, 5.74) is 9.91. The van der Waals surface area contributed by atoms with Crippen LogP contribution < -0.4 is 5.73 Å². The third-order valence-electron chi connectivity index (χ3n) is 4.23. The molecule has 9 heteroatoms. The van der Waals surface area contributed by atoms with E-state index in [1.165, 1.54) is 4.52 Å². The van der Waals surface area contributed by atoms with Gasteiger partial charge in [0.15, 0.2) is 17.2 Å². The Labute approximate surface area is 168 Å². The minimum atomic E-state index is -0.106. The van der Waals surface area contributed by atoms with Gasteiger partial charge in [0, 0.05) is 6.20 Å². The topological polar surface area (TPSA) is 107 Å². The Hall–Kier alpha value is -3.35. The minimum Gasteiger partial charge on any atom is -0.392 e. The smallest absolute Gasteiger partial charge is 0.223 e. The highest BCUT2D eigenvalue weighted by atomic mass is 79.9. The number of rotatable bonds is 4. The van der Waals surface area contributed by atoms with Crippen LogP contribution in [0.2, 0.25) is 0 Å². The van der Waals surface area contributed by atoms with Gasteiger partial charge in [-0.3, -0.25) is 4.98 Å². The molecule has 0 amide bonds. The molecule has 0 bridgehead atoms. The van der Waals surface area contributed by atoms with Crippen LogP contribution in [-0.4, -0.2) is 29.7 Å². The Morgan fingerprint density at radius 2 is 2.07 bits per heavy atom. The van der Waals surface area contributed by atoms with Gasteiger partial charge in [0.05, 0.1) is 35.5 Å². The number of fused-ring (bicyclic) bond motifs is 1. The number of hydrogen-bond acceptors (Lipinski definition) is 6. The zero-order valence-corrected chi connectivity index (χ0v) is 16.1. The largest absolute Gasteiger partial charge is 0.392 e. The lowest BCUT2D eigenvalue weighted by Crippen LogP contribution is -2.05. The normalized spacial score (nSPS) is 10.9. The number of nitrogens with zero attached hydrogens (tertiary/aromatic N) is 6. The van der Waals surface area contributed by atoms with Crippen LogP contribution in [0.15, 0.2) is 47.1 Å². The summed E-state index contributed by atoms with van der Waals surface area (Å²) in [6.07, 6.45) is 2.02. The Bertz CT molecular complexity index is 1230. The van der Waals surface area contributed by atoms with Crippen LogP contribution in [0, 0.1) is 6.57 Å². The molecule has 0 spiro atoms. The highest BCUT2D eigenvalue weighted by Gasteiger charge is 2.17. The molecular weight excluding hydrogens is 422 g/mol. The van der Waals surface area contributed by atoms with E-state index in [0.29, 0.717) is 39.4 Å². The molecule has 0 atom stereocenters. The molecule has 8 nitrogen and oxygen atoms in total. The Balaban J connectivity index is 1.81. The van der Waals surface area contributed by atoms with Crippen molar-refractivity contribution in [1.82, 2.24) is 24.6 Å². The van der Waals surface area contributed by atoms with Crippen LogP contribution in [-0.2, 0) is 13.0 Å². The highest BCUT2D eigenvalue weighted by Crippen LogP contribution is 2.32. The number of anilines is 1. The van der Waals surface area contributed by atoms with Gasteiger partial charge >= 0.3 is 0 Å². The van der Waals surface area contributed by atoms with Crippen molar-refractivity contribution in [2.24, 2.45) is 0 Å². The van der Waals surface area contributed by atoms with Crippen LogP contribution in [0.3, 0.4) is 0 Å². The number of halogens is 1. The number of aliphatic hydroxyl groups excluding tert-OH is 1. The third kappa shape index (κ3) is 3.19. The van der Waals surface area contributed by atoms with Gasteiger partial charge in [-0.25, -0.2) is 14.8 Å². The average molecular weight is 436 g/mol. The molecule has 3 aromatic heterocycles. The van der Waals surface area contributed by atoms with Gasteiger partial charge in [-0.2, -0.15) is 4.52 Å². The number of aromatic nitrogens is 5. The van der Waals surface area contributed by atoms with E-state index in [4.69, 9.17) is 12.3 Å². The number of hydrogen-bond donors (Lipinski definition) is 2. The van der Waals surface area contributed by atoms with E-state index in [-0.39, 0.29) is 12.6 Å². The molecule has 1 aromatic carbocycles. The van der Waals surface area contributed by atoms with Crippen LogP contribution >= 0.6 is 15.9 Å². The molecule has 0 aliphatic heterocycles. The molecule has 3 N–H and O–H groups in total. The number of aliphatic hydroxyl groups is 1. The van der Waals surface area contributed by atoms with Gasteiger partial charge in [0.25, 0.3) is 0 Å². The Kier molecular flexibility index (Phi) is 4.73. The lowest BCUT2D eigenvalue weighted by Gasteiger charge is -2.07. The first-order valence-electron chi connectivity index (χ1n) is 8.33. The first kappa shape index (κ1) is 18.0. The lowest BCUT2D eigenvalue weighted by molar-refractivity contribution is 0.280. The van der Waals surface area contributed by atoms with Gasteiger partial charge in [0.2, 0.25) is 5.95 Å². The van der Waals surface area contributed by atoms with Crippen molar-refractivity contribution in [2.75, 3.05) is 5.73 Å². The fourth-order valence-electron chi connectivity index (χ4n) is 2.89. The summed E-state index contributed by atoms with van der Waals surface area (Å²) >= 11 is 3.55. The van der Waals surface area contributed by atoms with Crippen molar-refractivity contribution in [3.8, 4) is 11.3 Å². The maximum atomic E-state index is 9.49. The molecule has 138 valence electrons. The quantitative estimate of drug-likeness (QED) is 0.476. The third-order valence-corrected chi connectivity index (χ3v) is 4.96. The Morgan fingerprint density at radius 3 is 2.86 bits per heavy atom. The molecule has 4 aromatic rings. The summed E-state index contributed by atoms with van der Waals surface area (Å²) < 4.78 is 2.09. The van der Waals surface area contributed by atoms with Gasteiger partial charge in [-0.15, -0.1) is 5.10 Å². The summed E-state index contributed by atoms with van der Waals surface area (Å²) in [4.78, 5) is 16.8. The standard InChI is InChI=1S/C19H14BrN7O/c1-22-13-6-2-4-11(8-13)17-16(20)18-24-15(26-27(18)19(21)25-17)9-14-12(10-28)5-3-7-23-14/h2-8,28H,9-10H2,(H2,21,25). The SMILES string of the molecule is [C-]#[N+]c1cccc(-c2nc(N)n3nc(Cc4ncccc4CO)nc3c2Br)c1. The van der Waals surface area contributed by atoms with E-state index in [9.17, 15) is 5.11 Å². The fraction of sp³-hybridized carbons (Fsp3) is 0.105. The van der Waals surface area contributed by atoms with Gasteiger partial charge in [0.1, 0.15) is 0 Å². The molecule has 0 unspecified atom stereocenters.